The Morgan fingerprint density at radius 1 is 1.29 bits per heavy atom. The van der Waals surface area contributed by atoms with E-state index in [9.17, 15) is 5.11 Å². The van der Waals surface area contributed by atoms with Gasteiger partial charge in [-0.25, -0.2) is 4.98 Å². The van der Waals surface area contributed by atoms with E-state index in [4.69, 9.17) is 0 Å². The molecule has 0 aliphatic heterocycles. The maximum Gasteiger partial charge on any atom is 0.101 e. The Morgan fingerprint density at radius 2 is 2.18 bits per heavy atom. The molecule has 1 atom stereocenters. The standard InChI is InChI=1S/C14H15NOS/c16-14(13-8-17-9-15-13)7-10-4-5-11-2-1-3-12(11)6-10/h4-6,8-9,14,16H,1-3,7H2. The third-order valence-electron chi connectivity index (χ3n) is 3.38. The fourth-order valence-electron chi connectivity index (χ4n) is 2.47. The van der Waals surface area contributed by atoms with Crippen molar-refractivity contribution in [3.63, 3.8) is 0 Å². The number of hydrogen-bond acceptors (Lipinski definition) is 3. The number of aliphatic hydroxyl groups is 1. The van der Waals surface area contributed by atoms with E-state index in [0.717, 1.165) is 5.69 Å². The number of aromatic nitrogens is 1. The maximum atomic E-state index is 10.1. The lowest BCUT2D eigenvalue weighted by molar-refractivity contribution is 0.174. The molecule has 0 bridgehead atoms. The number of thiazole rings is 1. The summed E-state index contributed by atoms with van der Waals surface area (Å²) in [5.74, 6) is 0. The molecule has 0 amide bonds. The summed E-state index contributed by atoms with van der Waals surface area (Å²) in [6.45, 7) is 0. The lowest BCUT2D eigenvalue weighted by Crippen LogP contribution is -2.02. The summed E-state index contributed by atoms with van der Waals surface area (Å²) in [4.78, 5) is 4.15. The van der Waals surface area contributed by atoms with Gasteiger partial charge in [-0.2, -0.15) is 0 Å². The van der Waals surface area contributed by atoms with Gasteiger partial charge < -0.3 is 5.11 Å². The minimum absolute atomic E-state index is 0.472. The van der Waals surface area contributed by atoms with Crippen molar-refractivity contribution < 1.29 is 5.11 Å². The number of aliphatic hydroxyl groups excluding tert-OH is 1. The monoisotopic (exact) mass is 245 g/mol. The molecule has 2 aromatic rings. The fraction of sp³-hybridized carbons (Fsp3) is 0.357. The summed E-state index contributed by atoms with van der Waals surface area (Å²) in [5.41, 5.74) is 6.72. The number of nitrogens with zero attached hydrogens (tertiary/aromatic N) is 1. The van der Waals surface area contributed by atoms with E-state index in [1.54, 1.807) is 5.51 Å². The minimum Gasteiger partial charge on any atom is -0.386 e. The Hall–Kier alpha value is -1.19. The summed E-state index contributed by atoms with van der Waals surface area (Å²) in [6.07, 6.45) is 3.87. The first-order valence-corrected chi connectivity index (χ1v) is 6.94. The highest BCUT2D eigenvalue weighted by atomic mass is 32.1. The average Bonchev–Trinajstić information content (AvgIpc) is 2.99. The molecule has 2 nitrogen and oxygen atoms in total. The van der Waals surface area contributed by atoms with Crippen LogP contribution in [0.25, 0.3) is 0 Å². The van der Waals surface area contributed by atoms with Gasteiger partial charge in [-0.3, -0.25) is 0 Å². The molecule has 3 rings (SSSR count). The van der Waals surface area contributed by atoms with E-state index in [0.29, 0.717) is 6.42 Å². The Morgan fingerprint density at radius 3 is 3.00 bits per heavy atom. The molecule has 88 valence electrons. The average molecular weight is 245 g/mol. The van der Waals surface area contributed by atoms with Gasteiger partial charge in [-0.1, -0.05) is 18.2 Å². The van der Waals surface area contributed by atoms with Crippen molar-refractivity contribution in [3.05, 3.63) is 51.5 Å². The van der Waals surface area contributed by atoms with Crippen molar-refractivity contribution in [3.8, 4) is 0 Å². The van der Waals surface area contributed by atoms with Gasteiger partial charge in [-0.05, 0) is 36.0 Å². The number of fused-ring (bicyclic) bond motifs is 1. The molecule has 1 aromatic carbocycles. The molecule has 1 N–H and O–H groups in total. The van der Waals surface area contributed by atoms with Crippen LogP contribution in [0.4, 0.5) is 0 Å². The highest BCUT2D eigenvalue weighted by Crippen LogP contribution is 2.25. The SMILES string of the molecule is OC(Cc1ccc2c(c1)CCC2)c1cscn1. The van der Waals surface area contributed by atoms with E-state index in [2.05, 4.69) is 23.2 Å². The van der Waals surface area contributed by atoms with E-state index in [-0.39, 0.29) is 0 Å². The van der Waals surface area contributed by atoms with Crippen LogP contribution in [-0.2, 0) is 19.3 Å². The molecule has 1 heterocycles. The van der Waals surface area contributed by atoms with Crippen LogP contribution in [0.1, 0.15) is 34.9 Å². The van der Waals surface area contributed by atoms with Gasteiger partial charge in [-0.15, -0.1) is 11.3 Å². The number of aryl methyl sites for hydroxylation is 2. The summed E-state index contributed by atoms with van der Waals surface area (Å²) in [7, 11) is 0. The largest absolute Gasteiger partial charge is 0.386 e. The van der Waals surface area contributed by atoms with Crippen LogP contribution >= 0.6 is 11.3 Å². The van der Waals surface area contributed by atoms with E-state index >= 15 is 0 Å². The Bertz CT molecular complexity index is 507. The molecular weight excluding hydrogens is 230 g/mol. The predicted molar refractivity (Wildman–Crippen MR) is 69.2 cm³/mol. The van der Waals surface area contributed by atoms with Crippen LogP contribution in [0.15, 0.2) is 29.1 Å². The van der Waals surface area contributed by atoms with Gasteiger partial charge in [0.1, 0.15) is 6.10 Å². The van der Waals surface area contributed by atoms with Crippen molar-refractivity contribution in [1.82, 2.24) is 4.98 Å². The number of hydrogen-bond donors (Lipinski definition) is 1. The van der Waals surface area contributed by atoms with Gasteiger partial charge in [0.25, 0.3) is 0 Å². The summed E-state index contributed by atoms with van der Waals surface area (Å²) in [5, 5.41) is 12.0. The fourth-order valence-corrected chi connectivity index (χ4v) is 3.07. The van der Waals surface area contributed by atoms with Crippen LogP contribution in [0.5, 0.6) is 0 Å². The third-order valence-corrected chi connectivity index (χ3v) is 3.99. The second-order valence-electron chi connectivity index (χ2n) is 4.59. The minimum atomic E-state index is -0.472. The maximum absolute atomic E-state index is 10.1. The van der Waals surface area contributed by atoms with E-state index < -0.39 is 6.10 Å². The van der Waals surface area contributed by atoms with Crippen molar-refractivity contribution in [2.75, 3.05) is 0 Å². The molecule has 0 saturated carbocycles. The first-order valence-electron chi connectivity index (χ1n) is 6.00. The molecule has 0 spiro atoms. The van der Waals surface area contributed by atoms with Gasteiger partial charge >= 0.3 is 0 Å². The van der Waals surface area contributed by atoms with Crippen molar-refractivity contribution >= 4 is 11.3 Å². The van der Waals surface area contributed by atoms with E-state index in [1.807, 2.05) is 5.38 Å². The van der Waals surface area contributed by atoms with Gasteiger partial charge in [0, 0.05) is 11.8 Å². The Balaban J connectivity index is 1.77. The highest BCUT2D eigenvalue weighted by Gasteiger charge is 2.14. The molecule has 0 radical (unpaired) electrons. The van der Waals surface area contributed by atoms with Crippen LogP contribution in [-0.4, -0.2) is 10.1 Å². The Kier molecular flexibility index (Phi) is 2.95. The molecule has 1 unspecified atom stereocenters. The summed E-state index contributed by atoms with van der Waals surface area (Å²) >= 11 is 1.53. The quantitative estimate of drug-likeness (QED) is 0.902. The number of benzene rings is 1. The lowest BCUT2D eigenvalue weighted by atomic mass is 10.0. The molecule has 1 aliphatic rings. The summed E-state index contributed by atoms with van der Waals surface area (Å²) < 4.78 is 0. The van der Waals surface area contributed by atoms with Crippen LogP contribution in [0.2, 0.25) is 0 Å². The van der Waals surface area contributed by atoms with Crippen molar-refractivity contribution in [1.29, 1.82) is 0 Å². The second-order valence-corrected chi connectivity index (χ2v) is 5.31. The van der Waals surface area contributed by atoms with Gasteiger partial charge in [0.2, 0.25) is 0 Å². The molecule has 1 aliphatic carbocycles. The van der Waals surface area contributed by atoms with Crippen LogP contribution < -0.4 is 0 Å². The third kappa shape index (κ3) is 2.26. The lowest BCUT2D eigenvalue weighted by Gasteiger charge is -2.09. The molecule has 0 saturated heterocycles. The molecule has 17 heavy (non-hydrogen) atoms. The first kappa shape index (κ1) is 10.9. The molecule has 3 heteroatoms. The zero-order valence-electron chi connectivity index (χ0n) is 9.60. The van der Waals surface area contributed by atoms with Crippen molar-refractivity contribution in [2.24, 2.45) is 0 Å². The number of rotatable bonds is 3. The predicted octanol–water partition coefficient (Wildman–Crippen LogP) is 2.91. The van der Waals surface area contributed by atoms with Crippen LogP contribution in [0, 0.1) is 0 Å². The topological polar surface area (TPSA) is 33.1 Å². The van der Waals surface area contributed by atoms with Gasteiger partial charge in [0.15, 0.2) is 0 Å². The molecule has 1 aromatic heterocycles. The summed E-state index contributed by atoms with van der Waals surface area (Å²) in [6, 6.07) is 6.60. The highest BCUT2D eigenvalue weighted by molar-refractivity contribution is 7.07. The van der Waals surface area contributed by atoms with E-state index in [1.165, 1.54) is 47.3 Å². The Labute approximate surface area is 105 Å². The zero-order chi connectivity index (χ0) is 11.7. The second kappa shape index (κ2) is 4.59. The normalized spacial score (nSPS) is 15.8. The zero-order valence-corrected chi connectivity index (χ0v) is 10.4. The molecule has 0 fully saturated rings. The smallest absolute Gasteiger partial charge is 0.101 e. The first-order chi connectivity index (χ1) is 8.33. The van der Waals surface area contributed by atoms with Gasteiger partial charge in [0.05, 0.1) is 11.2 Å². The van der Waals surface area contributed by atoms with Crippen molar-refractivity contribution in [2.45, 2.75) is 31.8 Å². The molecular formula is C14H15NOS. The van der Waals surface area contributed by atoms with Crippen LogP contribution in [0.3, 0.4) is 0 Å².